The van der Waals surface area contributed by atoms with Gasteiger partial charge in [-0.15, -0.1) is 0 Å². The number of nitrogens with zero attached hydrogens (tertiary/aromatic N) is 1. The highest BCUT2D eigenvalue weighted by Crippen LogP contribution is 2.38. The predicted octanol–water partition coefficient (Wildman–Crippen LogP) is 7.22. The summed E-state index contributed by atoms with van der Waals surface area (Å²) >= 11 is 9.02. The molecule has 0 radical (unpaired) electrons. The highest BCUT2D eigenvalue weighted by Gasteiger charge is 2.36. The Morgan fingerprint density at radius 3 is 2.63 bits per heavy atom. The van der Waals surface area contributed by atoms with Crippen molar-refractivity contribution in [1.29, 1.82) is 0 Å². The highest BCUT2D eigenvalue weighted by molar-refractivity contribution is 14.1. The molecule has 3 aromatic carbocycles. The van der Waals surface area contributed by atoms with Crippen LogP contribution in [0.4, 0.5) is 9.18 Å². The van der Waals surface area contributed by atoms with Crippen molar-refractivity contribution >= 4 is 63.2 Å². The number of carbonyl (C=O) groups is 2. The smallest absolute Gasteiger partial charge is 0.293 e. The molecular weight excluding hydrogens is 604 g/mol. The molecule has 1 saturated heterocycles. The van der Waals surface area contributed by atoms with Gasteiger partial charge in [0, 0.05) is 10.6 Å². The molecule has 4 rings (SSSR count). The van der Waals surface area contributed by atoms with Gasteiger partial charge in [0.25, 0.3) is 11.1 Å². The Labute approximate surface area is 225 Å². The van der Waals surface area contributed by atoms with Crippen LogP contribution < -0.4 is 9.47 Å². The average Bonchev–Trinajstić information content (AvgIpc) is 3.08. The zero-order chi connectivity index (χ0) is 25.1. The van der Waals surface area contributed by atoms with Crippen LogP contribution in [-0.2, 0) is 17.9 Å². The molecular formula is C26H20ClFINO4S. The van der Waals surface area contributed by atoms with E-state index in [-0.39, 0.29) is 22.0 Å². The Bertz CT molecular complexity index is 1330. The zero-order valence-corrected chi connectivity index (χ0v) is 22.5. The molecule has 0 bridgehead atoms. The number of imide groups is 1. The number of ether oxygens (including phenoxy) is 2. The lowest BCUT2D eigenvalue weighted by atomic mass is 10.1. The second-order valence-corrected chi connectivity index (χ2v) is 10.3. The van der Waals surface area contributed by atoms with Gasteiger partial charge in [0.1, 0.15) is 12.4 Å². The fourth-order valence-electron chi connectivity index (χ4n) is 3.51. The second kappa shape index (κ2) is 11.0. The Morgan fingerprint density at radius 2 is 1.91 bits per heavy atom. The summed E-state index contributed by atoms with van der Waals surface area (Å²) < 4.78 is 26.6. The van der Waals surface area contributed by atoms with E-state index in [4.69, 9.17) is 21.1 Å². The van der Waals surface area contributed by atoms with Crippen molar-refractivity contribution in [3.63, 3.8) is 0 Å². The van der Waals surface area contributed by atoms with Crippen LogP contribution in [0.5, 0.6) is 11.5 Å². The van der Waals surface area contributed by atoms with E-state index in [1.807, 2.05) is 37.3 Å². The van der Waals surface area contributed by atoms with Crippen LogP contribution in [0, 0.1) is 16.3 Å². The second-order valence-electron chi connectivity index (χ2n) is 7.72. The number of rotatable bonds is 7. The van der Waals surface area contributed by atoms with Crippen LogP contribution >= 0.6 is 46.0 Å². The van der Waals surface area contributed by atoms with Crippen molar-refractivity contribution < 1.29 is 23.5 Å². The summed E-state index contributed by atoms with van der Waals surface area (Å²) in [5, 5.41) is -0.325. The first-order valence-corrected chi connectivity index (χ1v) is 12.8. The molecule has 1 aliphatic rings. The van der Waals surface area contributed by atoms with Gasteiger partial charge in [0.2, 0.25) is 0 Å². The summed E-state index contributed by atoms with van der Waals surface area (Å²) in [7, 11) is 1.54. The van der Waals surface area contributed by atoms with E-state index in [0.29, 0.717) is 23.7 Å². The average molecular weight is 624 g/mol. The Kier molecular flexibility index (Phi) is 8.03. The van der Waals surface area contributed by atoms with Crippen molar-refractivity contribution in [3.8, 4) is 11.5 Å². The molecule has 180 valence electrons. The molecule has 3 aromatic rings. The molecule has 0 aromatic heterocycles. The van der Waals surface area contributed by atoms with Gasteiger partial charge in [0.05, 0.1) is 22.1 Å². The lowest BCUT2D eigenvalue weighted by Gasteiger charge is -2.15. The zero-order valence-electron chi connectivity index (χ0n) is 18.8. The fourth-order valence-corrected chi connectivity index (χ4v) is 5.36. The summed E-state index contributed by atoms with van der Waals surface area (Å²) in [4.78, 5) is 26.7. The molecule has 1 fully saturated rings. The maximum Gasteiger partial charge on any atom is 0.293 e. The summed E-state index contributed by atoms with van der Waals surface area (Å²) in [6.07, 6.45) is 1.61. The van der Waals surface area contributed by atoms with Crippen LogP contribution in [0.1, 0.15) is 22.3 Å². The van der Waals surface area contributed by atoms with E-state index < -0.39 is 17.0 Å². The minimum absolute atomic E-state index is 0.101. The molecule has 0 spiro atoms. The third kappa shape index (κ3) is 5.65. The van der Waals surface area contributed by atoms with Gasteiger partial charge in [-0.25, -0.2) is 4.39 Å². The molecule has 9 heteroatoms. The standard InChI is InChI=1S/C26H20ClFINO4S/c1-15-6-3-4-7-17(15)14-34-24-21(29)10-16(11-22(24)33-2)12-23-25(31)30(26(32)35-23)13-18-19(27)8-5-9-20(18)28/h3-12H,13-14H2,1-2H3/b23-12-. The van der Waals surface area contributed by atoms with Gasteiger partial charge < -0.3 is 9.47 Å². The summed E-state index contributed by atoms with van der Waals surface area (Å²) in [5.41, 5.74) is 2.97. The molecule has 1 aliphatic heterocycles. The van der Waals surface area contributed by atoms with Crippen LogP contribution in [0.3, 0.4) is 0 Å². The summed E-state index contributed by atoms with van der Waals surface area (Å²) in [5.74, 6) is 0.0270. The van der Waals surface area contributed by atoms with Gasteiger partial charge in [-0.3, -0.25) is 14.5 Å². The largest absolute Gasteiger partial charge is 0.493 e. The van der Waals surface area contributed by atoms with Crippen LogP contribution in [0.2, 0.25) is 5.02 Å². The van der Waals surface area contributed by atoms with Crippen LogP contribution in [-0.4, -0.2) is 23.2 Å². The van der Waals surface area contributed by atoms with Crippen molar-refractivity contribution in [2.75, 3.05) is 7.11 Å². The van der Waals surface area contributed by atoms with Crippen molar-refractivity contribution in [3.05, 3.63) is 96.2 Å². The number of amides is 2. The molecule has 0 atom stereocenters. The summed E-state index contributed by atoms with van der Waals surface area (Å²) in [6.45, 7) is 2.17. The molecule has 1 heterocycles. The molecule has 2 amide bonds. The molecule has 0 saturated carbocycles. The number of thioether (sulfide) groups is 1. The van der Waals surface area contributed by atoms with Gasteiger partial charge in [0.15, 0.2) is 11.5 Å². The normalized spacial score (nSPS) is 14.7. The van der Waals surface area contributed by atoms with E-state index in [1.54, 1.807) is 19.3 Å². The molecule has 0 aliphatic carbocycles. The van der Waals surface area contributed by atoms with E-state index in [1.165, 1.54) is 18.2 Å². The first kappa shape index (κ1) is 25.5. The maximum absolute atomic E-state index is 14.2. The number of aryl methyl sites for hydroxylation is 1. The SMILES string of the molecule is COc1cc(/C=C2\SC(=O)N(Cc3c(F)cccc3Cl)C2=O)cc(I)c1OCc1ccccc1C. The van der Waals surface area contributed by atoms with Crippen LogP contribution in [0.15, 0.2) is 59.5 Å². The molecule has 5 nitrogen and oxygen atoms in total. The minimum atomic E-state index is -0.568. The molecule has 0 unspecified atom stereocenters. The number of benzene rings is 3. The number of hydrogen-bond acceptors (Lipinski definition) is 5. The molecule has 0 N–H and O–H groups in total. The van der Waals surface area contributed by atoms with Gasteiger partial charge in [-0.05, 0) is 88.3 Å². The number of halogens is 3. The van der Waals surface area contributed by atoms with Crippen molar-refractivity contribution in [2.24, 2.45) is 0 Å². The van der Waals surface area contributed by atoms with Gasteiger partial charge in [-0.1, -0.05) is 41.9 Å². The van der Waals surface area contributed by atoms with Gasteiger partial charge in [-0.2, -0.15) is 0 Å². The molecule has 35 heavy (non-hydrogen) atoms. The number of methoxy groups -OCH3 is 1. The Morgan fingerprint density at radius 1 is 1.14 bits per heavy atom. The van der Waals surface area contributed by atoms with Gasteiger partial charge >= 0.3 is 0 Å². The topological polar surface area (TPSA) is 55.8 Å². The third-order valence-corrected chi connectivity index (χ3v) is 7.50. The van der Waals surface area contributed by atoms with E-state index in [2.05, 4.69) is 22.6 Å². The quantitative estimate of drug-likeness (QED) is 0.206. The third-order valence-electron chi connectivity index (χ3n) is 5.43. The maximum atomic E-state index is 14.2. The lowest BCUT2D eigenvalue weighted by Crippen LogP contribution is -2.28. The first-order valence-electron chi connectivity index (χ1n) is 10.5. The highest BCUT2D eigenvalue weighted by atomic mass is 127. The van der Waals surface area contributed by atoms with Crippen molar-refractivity contribution in [1.82, 2.24) is 4.90 Å². The van der Waals surface area contributed by atoms with E-state index in [9.17, 15) is 14.0 Å². The van der Waals surface area contributed by atoms with E-state index in [0.717, 1.165) is 31.4 Å². The number of carbonyl (C=O) groups excluding carboxylic acids is 2. The van der Waals surface area contributed by atoms with Crippen molar-refractivity contribution in [2.45, 2.75) is 20.1 Å². The fraction of sp³-hybridized carbons (Fsp3) is 0.154. The Balaban J connectivity index is 1.56. The monoisotopic (exact) mass is 623 g/mol. The number of hydrogen-bond donors (Lipinski definition) is 0. The Hall–Kier alpha value is -2.56. The predicted molar refractivity (Wildman–Crippen MR) is 144 cm³/mol. The first-order chi connectivity index (χ1) is 16.8. The minimum Gasteiger partial charge on any atom is -0.493 e. The van der Waals surface area contributed by atoms with E-state index >= 15 is 0 Å². The van der Waals surface area contributed by atoms with Crippen LogP contribution in [0.25, 0.3) is 6.08 Å². The lowest BCUT2D eigenvalue weighted by molar-refractivity contribution is -0.123. The summed E-state index contributed by atoms with van der Waals surface area (Å²) in [6, 6.07) is 15.8.